The quantitative estimate of drug-likeness (QED) is 0.798. The second-order valence-corrected chi connectivity index (χ2v) is 5.97. The number of fused-ring (bicyclic) bond motifs is 3. The van der Waals surface area contributed by atoms with E-state index in [4.69, 9.17) is 0 Å². The second kappa shape index (κ2) is 4.23. The number of halogens is 2. The summed E-state index contributed by atoms with van der Waals surface area (Å²) < 4.78 is 13.9. The van der Waals surface area contributed by atoms with Gasteiger partial charge in [-0.25, -0.2) is 4.39 Å². The molecule has 0 bridgehead atoms. The molecule has 2 heterocycles. The minimum Gasteiger partial charge on any atom is -0.358 e. The Labute approximate surface area is 113 Å². The molecule has 1 aromatic rings. The van der Waals surface area contributed by atoms with Crippen molar-refractivity contribution in [2.45, 2.75) is 25.8 Å². The van der Waals surface area contributed by atoms with E-state index < -0.39 is 0 Å². The Bertz CT molecular complexity index is 520. The van der Waals surface area contributed by atoms with Crippen molar-refractivity contribution in [3.63, 3.8) is 0 Å². The van der Waals surface area contributed by atoms with Crippen LogP contribution in [0.2, 0.25) is 0 Å². The number of carbonyl (C=O) groups excluding carboxylic acids is 1. The molecule has 2 unspecified atom stereocenters. The van der Waals surface area contributed by atoms with Crippen LogP contribution in [0, 0.1) is 11.7 Å². The average molecular weight is 313 g/mol. The fraction of sp³-hybridized carbons (Fsp3) is 0.462. The van der Waals surface area contributed by atoms with Crippen molar-refractivity contribution in [1.82, 2.24) is 0 Å². The standard InChI is InChI=1S/C13H14BrFN2O/c1-7-2-3-17-11-5-8(14)9(15)6-10(11)16-13(18)12(17)4-7/h5-7,12H,2-4H2,1H3,(H,16,18). The maximum absolute atomic E-state index is 13.5. The zero-order valence-corrected chi connectivity index (χ0v) is 11.6. The van der Waals surface area contributed by atoms with Crippen molar-refractivity contribution in [2.24, 2.45) is 5.92 Å². The lowest BCUT2D eigenvalue weighted by Crippen LogP contribution is -2.52. The third-order valence-corrected chi connectivity index (χ3v) is 4.38. The maximum atomic E-state index is 13.5. The van der Waals surface area contributed by atoms with E-state index >= 15 is 0 Å². The third kappa shape index (κ3) is 1.81. The first-order valence-corrected chi connectivity index (χ1v) is 6.92. The smallest absolute Gasteiger partial charge is 0.247 e. The number of hydrogen-bond acceptors (Lipinski definition) is 2. The summed E-state index contributed by atoms with van der Waals surface area (Å²) in [6.07, 6.45) is 1.93. The molecule has 5 heteroatoms. The van der Waals surface area contributed by atoms with E-state index in [1.165, 1.54) is 6.07 Å². The summed E-state index contributed by atoms with van der Waals surface area (Å²) in [5, 5.41) is 2.81. The largest absolute Gasteiger partial charge is 0.358 e. The molecule has 1 saturated heterocycles. The highest BCUT2D eigenvalue weighted by atomic mass is 79.9. The zero-order valence-electron chi connectivity index (χ0n) is 10.0. The number of carbonyl (C=O) groups is 1. The van der Waals surface area contributed by atoms with E-state index in [1.54, 1.807) is 6.07 Å². The van der Waals surface area contributed by atoms with Gasteiger partial charge in [-0.15, -0.1) is 0 Å². The second-order valence-electron chi connectivity index (χ2n) is 5.11. The first-order valence-electron chi connectivity index (χ1n) is 6.13. The molecular formula is C13H14BrFN2O. The van der Waals surface area contributed by atoms with Crippen LogP contribution >= 0.6 is 15.9 Å². The van der Waals surface area contributed by atoms with Crippen LogP contribution in [0.25, 0.3) is 0 Å². The molecule has 2 atom stereocenters. The number of amides is 1. The Hall–Kier alpha value is -1.10. The molecule has 0 saturated carbocycles. The average Bonchev–Trinajstić information content (AvgIpc) is 2.32. The van der Waals surface area contributed by atoms with Crippen LogP contribution in [0.1, 0.15) is 19.8 Å². The van der Waals surface area contributed by atoms with Crippen LogP contribution in [0.5, 0.6) is 0 Å². The van der Waals surface area contributed by atoms with Gasteiger partial charge in [0.25, 0.3) is 0 Å². The van der Waals surface area contributed by atoms with Gasteiger partial charge >= 0.3 is 0 Å². The maximum Gasteiger partial charge on any atom is 0.247 e. The molecule has 0 aliphatic carbocycles. The molecule has 0 radical (unpaired) electrons. The Kier molecular flexibility index (Phi) is 2.81. The Morgan fingerprint density at radius 3 is 3.06 bits per heavy atom. The van der Waals surface area contributed by atoms with E-state index in [0.717, 1.165) is 25.1 Å². The summed E-state index contributed by atoms with van der Waals surface area (Å²) in [5.41, 5.74) is 1.49. The highest BCUT2D eigenvalue weighted by Crippen LogP contribution is 2.39. The normalized spacial score (nSPS) is 26.4. The Morgan fingerprint density at radius 1 is 1.50 bits per heavy atom. The number of benzene rings is 1. The summed E-state index contributed by atoms with van der Waals surface area (Å²) in [6, 6.07) is 3.03. The van der Waals surface area contributed by atoms with Gasteiger partial charge in [0, 0.05) is 12.6 Å². The predicted octanol–water partition coefficient (Wildman–Crippen LogP) is 3.15. The van der Waals surface area contributed by atoms with Crippen LogP contribution in [0.3, 0.4) is 0 Å². The van der Waals surface area contributed by atoms with Gasteiger partial charge in [-0.1, -0.05) is 6.92 Å². The molecule has 0 spiro atoms. The number of rotatable bonds is 0. The van der Waals surface area contributed by atoms with Crippen LogP contribution in [-0.4, -0.2) is 18.5 Å². The molecule has 1 fully saturated rings. The van der Waals surface area contributed by atoms with Gasteiger partial charge in [0.15, 0.2) is 0 Å². The summed E-state index contributed by atoms with van der Waals surface area (Å²) in [5.74, 6) is 0.191. The molecular weight excluding hydrogens is 299 g/mol. The van der Waals surface area contributed by atoms with Crippen molar-refractivity contribution < 1.29 is 9.18 Å². The Morgan fingerprint density at radius 2 is 2.28 bits per heavy atom. The van der Waals surface area contributed by atoms with Crippen LogP contribution in [0.15, 0.2) is 16.6 Å². The minimum absolute atomic E-state index is 0.0178. The highest BCUT2D eigenvalue weighted by molar-refractivity contribution is 9.10. The molecule has 1 aromatic carbocycles. The molecule has 18 heavy (non-hydrogen) atoms. The molecule has 1 amide bonds. The molecule has 3 rings (SSSR count). The third-order valence-electron chi connectivity index (χ3n) is 3.77. The fourth-order valence-corrected chi connectivity index (χ4v) is 3.10. The van der Waals surface area contributed by atoms with Crippen LogP contribution < -0.4 is 10.2 Å². The van der Waals surface area contributed by atoms with Gasteiger partial charge < -0.3 is 10.2 Å². The fourth-order valence-electron chi connectivity index (χ4n) is 2.77. The lowest BCUT2D eigenvalue weighted by atomic mass is 9.90. The zero-order chi connectivity index (χ0) is 12.9. The van der Waals surface area contributed by atoms with Crippen molar-refractivity contribution in [3.8, 4) is 0 Å². The molecule has 2 aliphatic heterocycles. The number of nitrogens with one attached hydrogen (secondary N) is 1. The lowest BCUT2D eigenvalue weighted by Gasteiger charge is -2.43. The van der Waals surface area contributed by atoms with E-state index in [2.05, 4.69) is 33.1 Å². The molecule has 96 valence electrons. The number of nitrogens with zero attached hydrogens (tertiary/aromatic N) is 1. The summed E-state index contributed by atoms with van der Waals surface area (Å²) in [4.78, 5) is 14.1. The number of piperidine rings is 1. The van der Waals surface area contributed by atoms with E-state index in [1.807, 2.05) is 0 Å². The molecule has 2 aliphatic rings. The van der Waals surface area contributed by atoms with Crippen LogP contribution in [0.4, 0.5) is 15.8 Å². The van der Waals surface area contributed by atoms with Crippen molar-refractivity contribution in [3.05, 3.63) is 22.4 Å². The van der Waals surface area contributed by atoms with Gasteiger partial charge in [0.05, 0.1) is 15.8 Å². The van der Waals surface area contributed by atoms with Gasteiger partial charge in [-0.2, -0.15) is 0 Å². The lowest BCUT2D eigenvalue weighted by molar-refractivity contribution is -0.118. The van der Waals surface area contributed by atoms with E-state index in [-0.39, 0.29) is 17.8 Å². The van der Waals surface area contributed by atoms with E-state index in [0.29, 0.717) is 16.1 Å². The van der Waals surface area contributed by atoms with E-state index in [9.17, 15) is 9.18 Å². The van der Waals surface area contributed by atoms with Crippen molar-refractivity contribution in [2.75, 3.05) is 16.8 Å². The van der Waals surface area contributed by atoms with Gasteiger partial charge in [0.1, 0.15) is 11.9 Å². The van der Waals surface area contributed by atoms with Gasteiger partial charge in [-0.05, 0) is 40.8 Å². The van der Waals surface area contributed by atoms with Crippen LogP contribution in [-0.2, 0) is 4.79 Å². The predicted molar refractivity (Wildman–Crippen MR) is 72.3 cm³/mol. The first-order chi connectivity index (χ1) is 8.56. The highest BCUT2D eigenvalue weighted by Gasteiger charge is 2.37. The minimum atomic E-state index is -0.349. The van der Waals surface area contributed by atoms with Gasteiger partial charge in [0.2, 0.25) is 5.91 Å². The molecule has 1 N–H and O–H groups in total. The number of hydrogen-bond donors (Lipinski definition) is 1. The monoisotopic (exact) mass is 312 g/mol. The SMILES string of the molecule is CC1CCN2c3cc(Br)c(F)cc3NC(=O)C2C1. The topological polar surface area (TPSA) is 32.3 Å². The molecule has 3 nitrogen and oxygen atoms in total. The number of anilines is 2. The summed E-state index contributed by atoms with van der Waals surface area (Å²) in [6.45, 7) is 3.02. The van der Waals surface area contributed by atoms with Crippen molar-refractivity contribution >= 4 is 33.2 Å². The summed E-state index contributed by atoms with van der Waals surface area (Å²) >= 11 is 3.20. The summed E-state index contributed by atoms with van der Waals surface area (Å²) in [7, 11) is 0. The Balaban J connectivity index is 2.05. The van der Waals surface area contributed by atoms with Crippen molar-refractivity contribution in [1.29, 1.82) is 0 Å². The first kappa shape index (κ1) is 12.0. The molecule has 0 aromatic heterocycles. The van der Waals surface area contributed by atoms with Gasteiger partial charge in [-0.3, -0.25) is 4.79 Å².